The van der Waals surface area contributed by atoms with Gasteiger partial charge in [-0.25, -0.2) is 4.79 Å². The van der Waals surface area contributed by atoms with Crippen molar-refractivity contribution >= 4 is 6.09 Å². The zero-order valence-electron chi connectivity index (χ0n) is 14.1. The molecule has 1 saturated carbocycles. The first-order valence-electron chi connectivity index (χ1n) is 8.10. The summed E-state index contributed by atoms with van der Waals surface area (Å²) in [6.45, 7) is 10.1. The van der Waals surface area contributed by atoms with E-state index in [9.17, 15) is 4.79 Å². The van der Waals surface area contributed by atoms with Crippen LogP contribution in [0, 0.1) is 6.92 Å². The van der Waals surface area contributed by atoms with Gasteiger partial charge < -0.3 is 19.4 Å². The molecule has 0 radical (unpaired) electrons. The Morgan fingerprint density at radius 3 is 2.73 bits per heavy atom. The largest absolute Gasteiger partial charge is 0.468 e. The molecule has 1 amide bonds. The molecule has 0 aromatic carbocycles. The average molecular weight is 308 g/mol. The normalized spacial score (nSPS) is 14.9. The molecule has 1 aliphatic carbocycles. The highest BCUT2D eigenvalue weighted by Gasteiger charge is 2.34. The fourth-order valence-corrected chi connectivity index (χ4v) is 2.29. The number of nitrogens with one attached hydrogen (secondary N) is 1. The SMILES string of the molecule is Cc1ccoc1CNCCCN(C(=O)OC(C)(C)C)C1CC1. The fraction of sp³-hybridized carbons (Fsp3) is 0.706. The van der Waals surface area contributed by atoms with Crippen LogP contribution in [0.15, 0.2) is 16.7 Å². The molecule has 1 fully saturated rings. The molecule has 0 atom stereocenters. The molecule has 5 heteroatoms. The first-order valence-corrected chi connectivity index (χ1v) is 8.10. The van der Waals surface area contributed by atoms with Gasteiger partial charge >= 0.3 is 6.09 Å². The Balaban J connectivity index is 1.69. The van der Waals surface area contributed by atoms with Crippen molar-refractivity contribution in [2.24, 2.45) is 0 Å². The molecular weight excluding hydrogens is 280 g/mol. The maximum Gasteiger partial charge on any atom is 0.410 e. The maximum atomic E-state index is 12.2. The molecule has 1 N–H and O–H groups in total. The lowest BCUT2D eigenvalue weighted by Crippen LogP contribution is -2.39. The summed E-state index contributed by atoms with van der Waals surface area (Å²) in [6.07, 6.45) is 4.63. The summed E-state index contributed by atoms with van der Waals surface area (Å²) >= 11 is 0. The van der Waals surface area contributed by atoms with Gasteiger partial charge in [0.1, 0.15) is 11.4 Å². The van der Waals surface area contributed by atoms with Crippen LogP contribution in [-0.4, -0.2) is 35.7 Å². The number of furan rings is 1. The molecule has 0 unspecified atom stereocenters. The number of nitrogens with zero attached hydrogens (tertiary/aromatic N) is 1. The van der Waals surface area contributed by atoms with Crippen molar-refractivity contribution in [2.45, 2.75) is 65.1 Å². The first-order chi connectivity index (χ1) is 10.4. The summed E-state index contributed by atoms with van der Waals surface area (Å²) in [7, 11) is 0. The number of aryl methyl sites for hydroxylation is 1. The van der Waals surface area contributed by atoms with Gasteiger partial charge in [-0.1, -0.05) is 0 Å². The van der Waals surface area contributed by atoms with E-state index in [2.05, 4.69) is 5.32 Å². The summed E-state index contributed by atoms with van der Waals surface area (Å²) in [4.78, 5) is 14.1. The molecule has 0 aliphatic heterocycles. The molecule has 1 aromatic heterocycles. The van der Waals surface area contributed by atoms with Crippen molar-refractivity contribution in [3.8, 4) is 0 Å². The lowest BCUT2D eigenvalue weighted by Gasteiger charge is -2.27. The van der Waals surface area contributed by atoms with Gasteiger partial charge in [-0.2, -0.15) is 0 Å². The Labute approximate surface area is 133 Å². The Kier molecular flexibility index (Phi) is 5.51. The standard InChI is InChI=1S/C17H28N2O3/c1-13-8-11-21-15(13)12-18-9-5-10-19(14-6-7-14)16(20)22-17(2,3)4/h8,11,14,18H,5-7,9-10,12H2,1-4H3. The smallest absolute Gasteiger partial charge is 0.410 e. The van der Waals surface area contributed by atoms with Crippen LogP contribution in [0.25, 0.3) is 0 Å². The van der Waals surface area contributed by atoms with Crippen LogP contribution >= 0.6 is 0 Å². The van der Waals surface area contributed by atoms with E-state index in [1.54, 1.807) is 6.26 Å². The van der Waals surface area contributed by atoms with Crippen LogP contribution in [0.5, 0.6) is 0 Å². The number of rotatable bonds is 7. The Hall–Kier alpha value is -1.49. The van der Waals surface area contributed by atoms with E-state index >= 15 is 0 Å². The quantitative estimate of drug-likeness (QED) is 0.784. The van der Waals surface area contributed by atoms with Crippen molar-refractivity contribution in [2.75, 3.05) is 13.1 Å². The predicted octanol–water partition coefficient (Wildman–Crippen LogP) is 3.47. The molecule has 0 spiro atoms. The lowest BCUT2D eigenvalue weighted by molar-refractivity contribution is 0.0232. The van der Waals surface area contributed by atoms with Crippen LogP contribution in [0.1, 0.15) is 51.4 Å². The number of amides is 1. The zero-order valence-corrected chi connectivity index (χ0v) is 14.1. The molecule has 22 heavy (non-hydrogen) atoms. The Morgan fingerprint density at radius 2 is 2.18 bits per heavy atom. The molecule has 1 aromatic rings. The third-order valence-electron chi connectivity index (χ3n) is 3.62. The van der Waals surface area contributed by atoms with Crippen LogP contribution < -0.4 is 5.32 Å². The van der Waals surface area contributed by atoms with Gasteiger partial charge in [0.05, 0.1) is 12.8 Å². The van der Waals surface area contributed by atoms with Crippen molar-refractivity contribution in [1.82, 2.24) is 10.2 Å². The molecular formula is C17H28N2O3. The number of ether oxygens (including phenoxy) is 1. The number of carbonyl (C=O) groups excluding carboxylic acids is 1. The zero-order chi connectivity index (χ0) is 16.2. The summed E-state index contributed by atoms with van der Waals surface area (Å²) < 4.78 is 10.9. The highest BCUT2D eigenvalue weighted by atomic mass is 16.6. The highest BCUT2D eigenvalue weighted by molar-refractivity contribution is 5.69. The molecule has 124 valence electrons. The summed E-state index contributed by atoms with van der Waals surface area (Å²) in [5.74, 6) is 0.978. The van der Waals surface area contributed by atoms with Crippen LogP contribution in [-0.2, 0) is 11.3 Å². The number of hydrogen-bond donors (Lipinski definition) is 1. The highest BCUT2D eigenvalue weighted by Crippen LogP contribution is 2.28. The van der Waals surface area contributed by atoms with Crippen molar-refractivity contribution in [3.05, 3.63) is 23.7 Å². The number of hydrogen-bond acceptors (Lipinski definition) is 4. The van der Waals surface area contributed by atoms with Crippen LogP contribution in [0.3, 0.4) is 0 Å². The summed E-state index contributed by atoms with van der Waals surface area (Å²) in [5, 5.41) is 3.36. The second kappa shape index (κ2) is 7.18. The van der Waals surface area contributed by atoms with Gasteiger partial charge in [0.25, 0.3) is 0 Å². The van der Waals surface area contributed by atoms with Crippen molar-refractivity contribution in [1.29, 1.82) is 0 Å². The van der Waals surface area contributed by atoms with Crippen molar-refractivity contribution in [3.63, 3.8) is 0 Å². The molecule has 1 heterocycles. The molecule has 5 nitrogen and oxygen atoms in total. The molecule has 0 bridgehead atoms. The van der Waals surface area contributed by atoms with E-state index in [-0.39, 0.29) is 6.09 Å². The van der Waals surface area contributed by atoms with Crippen molar-refractivity contribution < 1.29 is 13.9 Å². The first kappa shape index (κ1) is 16.9. The third kappa shape index (κ3) is 5.37. The predicted molar refractivity (Wildman–Crippen MR) is 85.7 cm³/mol. The Bertz CT molecular complexity index is 486. The molecule has 0 saturated heterocycles. The van der Waals surface area contributed by atoms with E-state index in [4.69, 9.17) is 9.15 Å². The summed E-state index contributed by atoms with van der Waals surface area (Å²) in [5.41, 5.74) is 0.736. The van der Waals surface area contributed by atoms with E-state index in [0.29, 0.717) is 6.04 Å². The molecule has 2 rings (SSSR count). The second-order valence-corrected chi connectivity index (χ2v) is 6.96. The van der Waals surface area contributed by atoms with E-state index < -0.39 is 5.60 Å². The van der Waals surface area contributed by atoms with Gasteiger partial charge in [0.15, 0.2) is 0 Å². The average Bonchev–Trinajstić information content (AvgIpc) is 3.15. The van der Waals surface area contributed by atoms with E-state index in [1.165, 1.54) is 5.56 Å². The minimum absolute atomic E-state index is 0.183. The minimum atomic E-state index is -0.431. The molecule has 1 aliphatic rings. The summed E-state index contributed by atoms with van der Waals surface area (Å²) in [6, 6.07) is 2.34. The third-order valence-corrected chi connectivity index (χ3v) is 3.62. The van der Waals surface area contributed by atoms with E-state index in [0.717, 1.165) is 44.7 Å². The number of carbonyl (C=O) groups is 1. The minimum Gasteiger partial charge on any atom is -0.468 e. The lowest BCUT2D eigenvalue weighted by atomic mass is 10.2. The Morgan fingerprint density at radius 1 is 1.45 bits per heavy atom. The van der Waals surface area contributed by atoms with Gasteiger partial charge in [0, 0.05) is 12.6 Å². The fourth-order valence-electron chi connectivity index (χ4n) is 2.29. The van der Waals surface area contributed by atoms with Crippen LogP contribution in [0.4, 0.5) is 4.79 Å². The van der Waals surface area contributed by atoms with Gasteiger partial charge in [-0.3, -0.25) is 0 Å². The van der Waals surface area contributed by atoms with Crippen LogP contribution in [0.2, 0.25) is 0 Å². The second-order valence-electron chi connectivity index (χ2n) is 6.96. The van der Waals surface area contributed by atoms with Gasteiger partial charge in [-0.15, -0.1) is 0 Å². The van der Waals surface area contributed by atoms with E-state index in [1.807, 2.05) is 38.7 Å². The van der Waals surface area contributed by atoms with Gasteiger partial charge in [-0.05, 0) is 65.1 Å². The maximum absolute atomic E-state index is 12.2. The topological polar surface area (TPSA) is 54.7 Å². The van der Waals surface area contributed by atoms with Gasteiger partial charge in [0.2, 0.25) is 0 Å². The monoisotopic (exact) mass is 308 g/mol.